The molecular weight excluding hydrogens is 470 g/mol. The van der Waals surface area contributed by atoms with Crippen molar-refractivity contribution in [2.24, 2.45) is 5.92 Å². The van der Waals surface area contributed by atoms with E-state index in [1.807, 2.05) is 13.0 Å². The molecule has 1 fully saturated rings. The Balaban J connectivity index is 1.34. The number of benzene rings is 2. The van der Waals surface area contributed by atoms with Crippen LogP contribution in [0.2, 0.25) is 0 Å². The van der Waals surface area contributed by atoms with Crippen molar-refractivity contribution < 1.29 is 28.3 Å². The summed E-state index contributed by atoms with van der Waals surface area (Å²) < 4.78 is 26.7. The summed E-state index contributed by atoms with van der Waals surface area (Å²) in [6.07, 6.45) is 2.59. The number of carbonyl (C=O) groups is 3. The lowest BCUT2D eigenvalue weighted by atomic mass is 9.95. The quantitative estimate of drug-likeness (QED) is 0.494. The maximum atomic E-state index is 13.4. The van der Waals surface area contributed by atoms with E-state index in [1.54, 1.807) is 17.2 Å². The van der Waals surface area contributed by atoms with Crippen molar-refractivity contribution in [3.8, 4) is 5.75 Å². The number of hydrogen-bond acceptors (Lipinski definition) is 5. The summed E-state index contributed by atoms with van der Waals surface area (Å²) in [4.78, 5) is 43.5. The van der Waals surface area contributed by atoms with E-state index >= 15 is 0 Å². The fraction of sp³-hybridized carbons (Fsp3) is 0.231. The lowest BCUT2D eigenvalue weighted by Gasteiger charge is -2.31. The van der Waals surface area contributed by atoms with Crippen LogP contribution in [0.5, 0.6) is 5.75 Å². The minimum atomic E-state index is -0.892. The van der Waals surface area contributed by atoms with Crippen molar-refractivity contribution >= 4 is 29.2 Å². The summed E-state index contributed by atoms with van der Waals surface area (Å²) >= 11 is 0. The van der Waals surface area contributed by atoms with E-state index < -0.39 is 23.4 Å². The smallest absolute Gasteiger partial charge is 0.257 e. The van der Waals surface area contributed by atoms with Gasteiger partial charge >= 0.3 is 0 Å². The summed E-state index contributed by atoms with van der Waals surface area (Å²) in [5.41, 5.74) is 0.952. The van der Waals surface area contributed by atoms with Crippen molar-refractivity contribution in [1.29, 1.82) is 0 Å². The van der Waals surface area contributed by atoms with Gasteiger partial charge in [0.2, 0.25) is 5.91 Å². The molecule has 10 heteroatoms. The molecule has 1 saturated heterocycles. The number of phenols is 1. The van der Waals surface area contributed by atoms with Crippen LogP contribution >= 0.6 is 0 Å². The van der Waals surface area contributed by atoms with E-state index in [0.717, 1.165) is 17.7 Å². The van der Waals surface area contributed by atoms with Crippen molar-refractivity contribution in [3.05, 3.63) is 83.1 Å². The molecule has 186 valence electrons. The fourth-order valence-electron chi connectivity index (χ4n) is 3.96. The van der Waals surface area contributed by atoms with Crippen LogP contribution in [0.4, 0.5) is 20.3 Å². The number of likely N-dealkylation sites (tertiary alicyclic amines) is 1. The van der Waals surface area contributed by atoms with Gasteiger partial charge in [0, 0.05) is 48.6 Å². The van der Waals surface area contributed by atoms with Gasteiger partial charge in [0.05, 0.1) is 5.56 Å². The molecular formula is C26H24F2N4O4. The Kier molecular flexibility index (Phi) is 7.23. The molecule has 1 aliphatic rings. The first-order valence-electron chi connectivity index (χ1n) is 11.3. The van der Waals surface area contributed by atoms with E-state index in [4.69, 9.17) is 0 Å². The first-order chi connectivity index (χ1) is 17.2. The number of nitrogens with zero attached hydrogens (tertiary/aromatic N) is 2. The zero-order chi connectivity index (χ0) is 25.8. The van der Waals surface area contributed by atoms with Gasteiger partial charge < -0.3 is 20.6 Å². The van der Waals surface area contributed by atoms with Crippen molar-refractivity contribution in [2.75, 3.05) is 23.7 Å². The second-order valence-corrected chi connectivity index (χ2v) is 8.62. The van der Waals surface area contributed by atoms with E-state index in [-0.39, 0.29) is 34.4 Å². The molecule has 0 saturated carbocycles. The first kappa shape index (κ1) is 24.8. The molecule has 3 amide bonds. The van der Waals surface area contributed by atoms with Crippen LogP contribution in [-0.4, -0.2) is 45.8 Å². The number of amides is 3. The molecule has 4 rings (SSSR count). The zero-order valence-electron chi connectivity index (χ0n) is 19.4. The number of piperidine rings is 1. The number of halogens is 2. The summed E-state index contributed by atoms with van der Waals surface area (Å²) in [5, 5.41) is 15.6. The van der Waals surface area contributed by atoms with E-state index in [0.29, 0.717) is 37.8 Å². The number of rotatable bonds is 5. The maximum absolute atomic E-state index is 13.4. The van der Waals surface area contributed by atoms with E-state index in [9.17, 15) is 28.3 Å². The summed E-state index contributed by atoms with van der Waals surface area (Å²) in [7, 11) is 0. The zero-order valence-corrected chi connectivity index (χ0v) is 19.4. The highest BCUT2D eigenvalue weighted by Gasteiger charge is 2.29. The Labute approximate surface area is 206 Å². The molecule has 2 aromatic carbocycles. The van der Waals surface area contributed by atoms with Crippen LogP contribution in [0.3, 0.4) is 0 Å². The predicted octanol–water partition coefficient (Wildman–Crippen LogP) is 4.12. The standard InChI is InChI=1S/C26H24F2N4O4/c1-15-2-5-23(29-14-15)31-24(34)16-6-8-32(9-7-16)26(36)21-4-3-20(13-22(21)33)30-25(35)17-10-18(27)12-19(28)11-17/h2-5,10-14,16,33H,6-9H2,1H3,(H,30,35)(H,29,31,34). The topological polar surface area (TPSA) is 112 Å². The Morgan fingerprint density at radius 2 is 1.67 bits per heavy atom. The molecule has 2 heterocycles. The third-order valence-electron chi connectivity index (χ3n) is 5.93. The van der Waals surface area contributed by atoms with Gasteiger partial charge in [-0.3, -0.25) is 14.4 Å². The molecule has 0 bridgehead atoms. The highest BCUT2D eigenvalue weighted by Crippen LogP contribution is 2.27. The number of carbonyl (C=O) groups excluding carboxylic acids is 3. The minimum absolute atomic E-state index is 0.0385. The number of nitrogens with one attached hydrogen (secondary N) is 2. The molecule has 0 aliphatic carbocycles. The lowest BCUT2D eigenvalue weighted by Crippen LogP contribution is -2.41. The molecule has 3 N–H and O–H groups in total. The van der Waals surface area contributed by atoms with Gasteiger partial charge in [-0.2, -0.15) is 0 Å². The molecule has 1 aromatic heterocycles. The van der Waals surface area contributed by atoms with Gasteiger partial charge in [-0.15, -0.1) is 0 Å². The second-order valence-electron chi connectivity index (χ2n) is 8.62. The van der Waals surface area contributed by atoms with Crippen LogP contribution in [0, 0.1) is 24.5 Å². The number of aromatic nitrogens is 1. The average Bonchev–Trinajstić information content (AvgIpc) is 2.84. The number of anilines is 2. The summed E-state index contributed by atoms with van der Waals surface area (Å²) in [6, 6.07) is 9.98. The van der Waals surface area contributed by atoms with Gasteiger partial charge in [0.25, 0.3) is 11.8 Å². The normalized spacial score (nSPS) is 13.8. The Morgan fingerprint density at radius 1 is 0.972 bits per heavy atom. The van der Waals surface area contributed by atoms with Crippen molar-refractivity contribution in [1.82, 2.24) is 9.88 Å². The predicted molar refractivity (Wildman–Crippen MR) is 129 cm³/mol. The van der Waals surface area contributed by atoms with Gasteiger partial charge in [-0.1, -0.05) is 6.07 Å². The number of hydrogen-bond donors (Lipinski definition) is 3. The van der Waals surface area contributed by atoms with E-state index in [1.165, 1.54) is 18.2 Å². The number of phenolic OH excluding ortho intramolecular Hbond substituents is 1. The van der Waals surface area contributed by atoms with Gasteiger partial charge in [-0.25, -0.2) is 13.8 Å². The van der Waals surface area contributed by atoms with Crippen LogP contribution in [0.1, 0.15) is 39.1 Å². The molecule has 3 aromatic rings. The number of pyridine rings is 1. The van der Waals surface area contributed by atoms with E-state index in [2.05, 4.69) is 15.6 Å². The molecule has 36 heavy (non-hydrogen) atoms. The van der Waals surface area contributed by atoms with Crippen molar-refractivity contribution in [3.63, 3.8) is 0 Å². The Hall–Kier alpha value is -4.34. The fourth-order valence-corrected chi connectivity index (χ4v) is 3.96. The highest BCUT2D eigenvalue weighted by molar-refractivity contribution is 6.05. The molecule has 0 atom stereocenters. The van der Waals surface area contributed by atoms with Crippen LogP contribution < -0.4 is 10.6 Å². The highest BCUT2D eigenvalue weighted by atomic mass is 19.1. The Bertz CT molecular complexity index is 1290. The maximum Gasteiger partial charge on any atom is 0.257 e. The van der Waals surface area contributed by atoms with Gasteiger partial charge in [0.1, 0.15) is 23.2 Å². The average molecular weight is 494 g/mol. The van der Waals surface area contributed by atoms with Crippen LogP contribution in [-0.2, 0) is 4.79 Å². The third-order valence-corrected chi connectivity index (χ3v) is 5.93. The summed E-state index contributed by atoms with van der Waals surface area (Å²) in [6.45, 7) is 2.57. The Morgan fingerprint density at radius 3 is 2.28 bits per heavy atom. The second kappa shape index (κ2) is 10.5. The van der Waals surface area contributed by atoms with Crippen LogP contribution in [0.25, 0.3) is 0 Å². The lowest BCUT2D eigenvalue weighted by molar-refractivity contribution is -0.121. The first-order valence-corrected chi connectivity index (χ1v) is 11.3. The third kappa shape index (κ3) is 5.83. The monoisotopic (exact) mass is 494 g/mol. The molecule has 0 spiro atoms. The molecule has 0 unspecified atom stereocenters. The summed E-state index contributed by atoms with van der Waals surface area (Å²) in [5.74, 6) is -3.26. The molecule has 8 nitrogen and oxygen atoms in total. The molecule has 0 radical (unpaired) electrons. The number of aryl methyl sites for hydroxylation is 1. The molecule has 1 aliphatic heterocycles. The number of aromatic hydroxyl groups is 1. The SMILES string of the molecule is Cc1ccc(NC(=O)C2CCN(C(=O)c3ccc(NC(=O)c4cc(F)cc(F)c4)cc3O)CC2)nc1. The van der Waals surface area contributed by atoms with Crippen LogP contribution in [0.15, 0.2) is 54.7 Å². The largest absolute Gasteiger partial charge is 0.507 e. The minimum Gasteiger partial charge on any atom is -0.507 e. The van der Waals surface area contributed by atoms with Gasteiger partial charge in [0.15, 0.2) is 0 Å². The van der Waals surface area contributed by atoms with Gasteiger partial charge in [-0.05, 0) is 55.7 Å². The van der Waals surface area contributed by atoms with Crippen molar-refractivity contribution in [2.45, 2.75) is 19.8 Å².